The van der Waals surface area contributed by atoms with Gasteiger partial charge in [-0.1, -0.05) is 59.1 Å². The summed E-state index contributed by atoms with van der Waals surface area (Å²) in [6.07, 6.45) is -0.800. The molecule has 3 heteroatoms. The Morgan fingerprint density at radius 2 is 1.00 bits per heavy atom. The van der Waals surface area contributed by atoms with Crippen LogP contribution >= 0.6 is 0 Å². The Balaban J connectivity index is 1.99. The molecular weight excluding hydrogens is 348 g/mol. The van der Waals surface area contributed by atoms with Crippen molar-refractivity contribution in [2.24, 2.45) is 0 Å². The van der Waals surface area contributed by atoms with Gasteiger partial charge in [-0.3, -0.25) is 0 Å². The lowest BCUT2D eigenvalue weighted by molar-refractivity contribution is -0.0230. The molecule has 28 heavy (non-hydrogen) atoms. The van der Waals surface area contributed by atoms with Gasteiger partial charge in [0.05, 0.1) is 0 Å². The molecule has 0 saturated carbocycles. The van der Waals surface area contributed by atoms with Crippen molar-refractivity contribution in [3.05, 3.63) is 70.8 Å². The van der Waals surface area contributed by atoms with Crippen LogP contribution in [0, 0.1) is 37.5 Å². The molecule has 2 aromatic carbocycles. The van der Waals surface area contributed by atoms with Gasteiger partial charge in [0.2, 0.25) is 0 Å². The first-order chi connectivity index (χ1) is 13.0. The monoisotopic (exact) mass is 374 g/mol. The Hall–Kier alpha value is -3.17. The smallest absolute Gasteiger partial charge is 0.415 e. The summed E-state index contributed by atoms with van der Waals surface area (Å²) in [6.45, 7) is 10.9. The van der Waals surface area contributed by atoms with E-state index in [2.05, 4.69) is 23.7 Å². The van der Waals surface area contributed by atoms with Gasteiger partial charge in [-0.25, -0.2) is 4.79 Å². The molecule has 0 spiro atoms. The second-order valence-electron chi connectivity index (χ2n) is 7.71. The highest BCUT2D eigenvalue weighted by atomic mass is 16.7. The maximum Gasteiger partial charge on any atom is 0.511 e. The van der Waals surface area contributed by atoms with Crippen LogP contribution in [0.3, 0.4) is 0 Å². The molecule has 0 bridgehead atoms. The van der Waals surface area contributed by atoms with E-state index in [0.717, 1.165) is 11.1 Å². The number of aryl methyl sites for hydroxylation is 2. The molecule has 0 atom stereocenters. The van der Waals surface area contributed by atoms with Gasteiger partial charge in [0, 0.05) is 11.1 Å². The molecule has 0 radical (unpaired) electrons. The van der Waals surface area contributed by atoms with Crippen molar-refractivity contribution < 1.29 is 14.3 Å². The lowest BCUT2D eigenvalue weighted by Crippen LogP contribution is -2.32. The van der Waals surface area contributed by atoms with Crippen LogP contribution in [0.1, 0.15) is 49.9 Å². The summed E-state index contributed by atoms with van der Waals surface area (Å²) in [7, 11) is 0. The van der Waals surface area contributed by atoms with E-state index in [9.17, 15) is 4.79 Å². The predicted octanol–water partition coefficient (Wildman–Crippen LogP) is 5.42. The fourth-order valence-corrected chi connectivity index (χ4v) is 2.21. The third kappa shape index (κ3) is 7.22. The molecule has 3 nitrogen and oxygen atoms in total. The van der Waals surface area contributed by atoms with Crippen LogP contribution in [0.15, 0.2) is 48.5 Å². The van der Waals surface area contributed by atoms with Crippen LogP contribution in [0.2, 0.25) is 0 Å². The number of hydrogen-bond acceptors (Lipinski definition) is 3. The van der Waals surface area contributed by atoms with E-state index >= 15 is 0 Å². The van der Waals surface area contributed by atoms with Crippen molar-refractivity contribution in [2.45, 2.75) is 52.7 Å². The van der Waals surface area contributed by atoms with E-state index in [1.807, 2.05) is 62.4 Å². The summed E-state index contributed by atoms with van der Waals surface area (Å²) in [5.74, 6) is 12.0. The predicted molar refractivity (Wildman–Crippen MR) is 112 cm³/mol. The van der Waals surface area contributed by atoms with E-state index < -0.39 is 17.4 Å². The zero-order valence-corrected chi connectivity index (χ0v) is 17.3. The maximum atomic E-state index is 12.2. The van der Waals surface area contributed by atoms with Gasteiger partial charge in [-0.05, 0) is 65.8 Å². The number of rotatable bonds is 2. The first kappa shape index (κ1) is 21.1. The van der Waals surface area contributed by atoms with Gasteiger partial charge in [0.15, 0.2) is 11.2 Å². The summed E-state index contributed by atoms with van der Waals surface area (Å²) in [4.78, 5) is 12.2. The molecule has 0 aliphatic rings. The minimum Gasteiger partial charge on any atom is -0.415 e. The average Bonchev–Trinajstić information content (AvgIpc) is 2.60. The highest BCUT2D eigenvalue weighted by Crippen LogP contribution is 2.15. The van der Waals surface area contributed by atoms with Crippen LogP contribution < -0.4 is 0 Å². The quantitative estimate of drug-likeness (QED) is 0.520. The van der Waals surface area contributed by atoms with Gasteiger partial charge in [0.25, 0.3) is 0 Å². The van der Waals surface area contributed by atoms with Crippen molar-refractivity contribution in [3.63, 3.8) is 0 Å². The molecule has 0 amide bonds. The van der Waals surface area contributed by atoms with Gasteiger partial charge < -0.3 is 9.47 Å². The molecule has 0 unspecified atom stereocenters. The summed E-state index contributed by atoms with van der Waals surface area (Å²) < 4.78 is 10.8. The Morgan fingerprint density at radius 3 is 1.32 bits per heavy atom. The molecule has 144 valence electrons. The molecule has 0 N–H and O–H groups in total. The zero-order valence-electron chi connectivity index (χ0n) is 17.3. The van der Waals surface area contributed by atoms with Gasteiger partial charge in [0.1, 0.15) is 0 Å². The number of hydrogen-bond donors (Lipinski definition) is 0. The van der Waals surface area contributed by atoms with Crippen LogP contribution in [0.5, 0.6) is 0 Å². The molecule has 0 fully saturated rings. The third-order valence-corrected chi connectivity index (χ3v) is 3.80. The van der Waals surface area contributed by atoms with Crippen molar-refractivity contribution in [2.75, 3.05) is 0 Å². The lowest BCUT2D eigenvalue weighted by atomic mass is 10.1. The molecule has 0 aromatic heterocycles. The number of carbonyl (C=O) groups is 1. The topological polar surface area (TPSA) is 35.5 Å². The molecule has 2 rings (SSSR count). The van der Waals surface area contributed by atoms with Crippen LogP contribution in [-0.4, -0.2) is 17.4 Å². The fourth-order valence-electron chi connectivity index (χ4n) is 2.21. The summed E-state index contributed by atoms with van der Waals surface area (Å²) in [6, 6.07) is 15.7. The van der Waals surface area contributed by atoms with Gasteiger partial charge in [-0.2, -0.15) is 0 Å². The normalized spacial score (nSPS) is 10.8. The third-order valence-electron chi connectivity index (χ3n) is 3.80. The van der Waals surface area contributed by atoms with Crippen molar-refractivity contribution >= 4 is 6.16 Å². The average molecular weight is 374 g/mol. The van der Waals surface area contributed by atoms with Gasteiger partial charge >= 0.3 is 6.16 Å². The number of ether oxygens (including phenoxy) is 2. The first-order valence-electron chi connectivity index (χ1n) is 9.16. The van der Waals surface area contributed by atoms with Gasteiger partial charge in [-0.15, -0.1) is 0 Å². The minimum atomic E-state index is -0.984. The summed E-state index contributed by atoms with van der Waals surface area (Å²) in [5, 5.41) is 0. The molecule has 0 saturated heterocycles. The fraction of sp³-hybridized carbons (Fsp3) is 0.320. The Labute approximate surface area is 168 Å². The van der Waals surface area contributed by atoms with Crippen LogP contribution in [-0.2, 0) is 9.47 Å². The Kier molecular flexibility index (Phi) is 6.55. The van der Waals surface area contributed by atoms with Crippen molar-refractivity contribution in [3.8, 4) is 23.7 Å². The van der Waals surface area contributed by atoms with E-state index in [0.29, 0.717) is 0 Å². The van der Waals surface area contributed by atoms with Crippen molar-refractivity contribution in [1.82, 2.24) is 0 Å². The van der Waals surface area contributed by atoms with Crippen molar-refractivity contribution in [1.29, 1.82) is 0 Å². The van der Waals surface area contributed by atoms with E-state index in [1.54, 1.807) is 27.7 Å². The largest absolute Gasteiger partial charge is 0.511 e. The van der Waals surface area contributed by atoms with E-state index in [1.165, 1.54) is 11.1 Å². The Morgan fingerprint density at radius 1 is 0.679 bits per heavy atom. The minimum absolute atomic E-state index is 0.800. The zero-order chi connectivity index (χ0) is 20.8. The standard InChI is InChI=1S/C25H26O3/c1-19-7-11-21(12-8-19)15-17-24(3,4)27-23(26)28-25(5,6)18-16-22-13-9-20(2)10-14-22/h7-14H,1-6H3. The molecule has 2 aromatic rings. The number of benzene rings is 2. The molecule has 0 heterocycles. The molecular formula is C25H26O3. The van der Waals surface area contributed by atoms with E-state index in [4.69, 9.17) is 9.47 Å². The number of carbonyl (C=O) groups excluding carboxylic acids is 1. The summed E-state index contributed by atoms with van der Waals surface area (Å²) in [5.41, 5.74) is 2.09. The van der Waals surface area contributed by atoms with Crippen LogP contribution in [0.4, 0.5) is 4.79 Å². The van der Waals surface area contributed by atoms with Crippen LogP contribution in [0.25, 0.3) is 0 Å². The lowest BCUT2D eigenvalue weighted by Gasteiger charge is -2.23. The highest BCUT2D eigenvalue weighted by molar-refractivity contribution is 5.62. The van der Waals surface area contributed by atoms with E-state index in [-0.39, 0.29) is 0 Å². The highest BCUT2D eigenvalue weighted by Gasteiger charge is 2.27. The molecule has 0 aliphatic carbocycles. The second-order valence-corrected chi connectivity index (χ2v) is 7.71. The molecule has 0 aliphatic heterocycles. The Bertz CT molecular complexity index is 862. The second kappa shape index (κ2) is 8.68. The SMILES string of the molecule is Cc1ccc(C#CC(C)(C)OC(=O)OC(C)(C)C#Cc2ccc(C)cc2)cc1. The maximum absolute atomic E-state index is 12.2. The summed E-state index contributed by atoms with van der Waals surface area (Å²) >= 11 is 0. The first-order valence-corrected chi connectivity index (χ1v) is 9.16.